The van der Waals surface area contributed by atoms with Crippen molar-refractivity contribution in [3.8, 4) is 10.6 Å². The molecule has 0 spiro atoms. The molecule has 1 unspecified atom stereocenters. The van der Waals surface area contributed by atoms with Gasteiger partial charge in [0, 0.05) is 36.4 Å². The van der Waals surface area contributed by atoms with Gasteiger partial charge in [-0.1, -0.05) is 18.2 Å². The summed E-state index contributed by atoms with van der Waals surface area (Å²) in [5, 5.41) is 12.1. The number of benzene rings is 1. The van der Waals surface area contributed by atoms with E-state index in [1.807, 2.05) is 24.5 Å². The molecule has 1 N–H and O–H groups in total. The number of aromatic carboxylic acids is 1. The number of nitrogens with zero attached hydrogens (tertiary/aromatic N) is 3. The van der Waals surface area contributed by atoms with Gasteiger partial charge in [-0.05, 0) is 42.6 Å². The van der Waals surface area contributed by atoms with Crippen LogP contribution in [0.3, 0.4) is 0 Å². The second kappa shape index (κ2) is 7.35. The van der Waals surface area contributed by atoms with Gasteiger partial charge in [-0.3, -0.25) is 9.88 Å². The van der Waals surface area contributed by atoms with Gasteiger partial charge in [-0.2, -0.15) is 0 Å². The van der Waals surface area contributed by atoms with Crippen molar-refractivity contribution in [2.45, 2.75) is 18.9 Å². The predicted molar refractivity (Wildman–Crippen MR) is 101 cm³/mol. The van der Waals surface area contributed by atoms with Gasteiger partial charge in [-0.25, -0.2) is 9.78 Å². The van der Waals surface area contributed by atoms with E-state index in [1.165, 1.54) is 5.56 Å². The zero-order chi connectivity index (χ0) is 17.9. The first-order chi connectivity index (χ1) is 12.7. The molecule has 4 rings (SSSR count). The molecule has 6 heteroatoms. The van der Waals surface area contributed by atoms with Crippen LogP contribution in [-0.4, -0.2) is 39.0 Å². The minimum Gasteiger partial charge on any atom is -0.478 e. The Bertz CT molecular complexity index is 910. The molecule has 1 fully saturated rings. The third-order valence-electron chi connectivity index (χ3n) is 4.72. The first-order valence-corrected chi connectivity index (χ1v) is 9.47. The van der Waals surface area contributed by atoms with Crippen LogP contribution >= 0.6 is 11.3 Å². The molecule has 1 saturated heterocycles. The second-order valence-corrected chi connectivity index (χ2v) is 7.40. The lowest BCUT2D eigenvalue weighted by atomic mass is 10.0. The summed E-state index contributed by atoms with van der Waals surface area (Å²) in [6.45, 7) is 2.90. The van der Waals surface area contributed by atoms with Crippen molar-refractivity contribution in [1.29, 1.82) is 0 Å². The molecule has 132 valence electrons. The molecule has 5 nitrogen and oxygen atoms in total. The normalized spacial score (nSPS) is 17.5. The largest absolute Gasteiger partial charge is 0.478 e. The average molecular weight is 365 g/mol. The topological polar surface area (TPSA) is 66.3 Å². The summed E-state index contributed by atoms with van der Waals surface area (Å²) in [6.07, 6.45) is 4.92. The van der Waals surface area contributed by atoms with Crippen LogP contribution in [0, 0.1) is 0 Å². The smallest absolute Gasteiger partial charge is 0.335 e. The predicted octanol–water partition coefficient (Wildman–Crippen LogP) is 3.89. The summed E-state index contributed by atoms with van der Waals surface area (Å²) in [4.78, 5) is 22.5. The molecule has 3 heterocycles. The summed E-state index contributed by atoms with van der Waals surface area (Å²) in [5.41, 5.74) is 3.49. The molecular formula is C20H19N3O2S. The van der Waals surface area contributed by atoms with Crippen molar-refractivity contribution in [2.75, 3.05) is 13.1 Å². The fourth-order valence-electron chi connectivity index (χ4n) is 3.39. The van der Waals surface area contributed by atoms with E-state index in [0.29, 0.717) is 5.92 Å². The molecule has 1 aromatic carbocycles. The number of carbonyl (C=O) groups is 1. The molecular weight excluding hydrogens is 346 g/mol. The number of likely N-dealkylation sites (tertiary alicyclic amines) is 1. The van der Waals surface area contributed by atoms with Crippen LogP contribution in [0.4, 0.5) is 0 Å². The number of hydrogen-bond donors (Lipinski definition) is 1. The van der Waals surface area contributed by atoms with E-state index in [-0.39, 0.29) is 5.56 Å². The van der Waals surface area contributed by atoms with Gasteiger partial charge in [0.25, 0.3) is 0 Å². The quantitative estimate of drug-likeness (QED) is 0.743. The van der Waals surface area contributed by atoms with E-state index in [0.717, 1.165) is 42.3 Å². The van der Waals surface area contributed by atoms with E-state index >= 15 is 0 Å². The molecule has 0 bridgehead atoms. The summed E-state index contributed by atoms with van der Waals surface area (Å²) in [7, 11) is 0. The highest BCUT2D eigenvalue weighted by atomic mass is 32.1. The lowest BCUT2D eigenvalue weighted by molar-refractivity contribution is 0.0697. The van der Waals surface area contributed by atoms with Crippen LogP contribution in [0.2, 0.25) is 0 Å². The first-order valence-electron chi connectivity index (χ1n) is 8.59. The van der Waals surface area contributed by atoms with Gasteiger partial charge < -0.3 is 5.11 Å². The first kappa shape index (κ1) is 16.9. The van der Waals surface area contributed by atoms with Crippen molar-refractivity contribution >= 4 is 17.3 Å². The maximum atomic E-state index is 11.1. The molecule has 3 aromatic rings. The lowest BCUT2D eigenvalue weighted by Crippen LogP contribution is -2.19. The Labute approximate surface area is 156 Å². The van der Waals surface area contributed by atoms with Crippen LogP contribution < -0.4 is 0 Å². The summed E-state index contributed by atoms with van der Waals surface area (Å²) >= 11 is 1.56. The Morgan fingerprint density at radius 1 is 1.31 bits per heavy atom. The van der Waals surface area contributed by atoms with Crippen LogP contribution in [-0.2, 0) is 6.54 Å². The highest BCUT2D eigenvalue weighted by molar-refractivity contribution is 7.13. The molecule has 1 aliphatic rings. The van der Waals surface area contributed by atoms with Gasteiger partial charge in [0.2, 0.25) is 0 Å². The third kappa shape index (κ3) is 3.66. The average Bonchev–Trinajstić information content (AvgIpc) is 3.33. The fraction of sp³-hybridized carbons (Fsp3) is 0.250. The van der Waals surface area contributed by atoms with Crippen LogP contribution in [0.1, 0.15) is 34.0 Å². The number of rotatable bonds is 5. The Kier molecular flexibility index (Phi) is 4.77. The number of thiazole rings is 1. The minimum absolute atomic E-state index is 0.290. The van der Waals surface area contributed by atoms with Crippen molar-refractivity contribution in [1.82, 2.24) is 14.9 Å². The van der Waals surface area contributed by atoms with Crippen molar-refractivity contribution < 1.29 is 9.90 Å². The van der Waals surface area contributed by atoms with Crippen LogP contribution in [0.15, 0.2) is 54.2 Å². The third-order valence-corrected chi connectivity index (χ3v) is 5.66. The second-order valence-electron chi connectivity index (χ2n) is 6.54. The fourth-order valence-corrected chi connectivity index (χ4v) is 4.20. The van der Waals surface area contributed by atoms with Gasteiger partial charge >= 0.3 is 5.97 Å². The maximum Gasteiger partial charge on any atom is 0.335 e. The molecule has 26 heavy (non-hydrogen) atoms. The Hall–Kier alpha value is -2.57. The van der Waals surface area contributed by atoms with E-state index in [2.05, 4.69) is 21.3 Å². The highest BCUT2D eigenvalue weighted by Gasteiger charge is 2.24. The Balaban J connectivity index is 1.43. The summed E-state index contributed by atoms with van der Waals surface area (Å²) < 4.78 is 0. The minimum atomic E-state index is -0.915. The van der Waals surface area contributed by atoms with Crippen molar-refractivity contribution in [3.05, 3.63) is 71.0 Å². The molecule has 0 radical (unpaired) electrons. The van der Waals surface area contributed by atoms with Crippen LogP contribution in [0.5, 0.6) is 0 Å². The molecule has 0 saturated carbocycles. The van der Waals surface area contributed by atoms with Gasteiger partial charge in [0.1, 0.15) is 5.01 Å². The lowest BCUT2D eigenvalue weighted by Gasteiger charge is -2.14. The Morgan fingerprint density at radius 2 is 2.23 bits per heavy atom. The zero-order valence-electron chi connectivity index (χ0n) is 14.2. The summed E-state index contributed by atoms with van der Waals surface area (Å²) in [6, 6.07) is 11.1. The monoisotopic (exact) mass is 365 g/mol. The SMILES string of the molecule is O=C(O)c1cccc(-c2nc(CN3CCC(c4cccnc4)C3)cs2)c1. The molecule has 0 amide bonds. The van der Waals surface area contributed by atoms with Crippen LogP contribution in [0.25, 0.3) is 10.6 Å². The van der Waals surface area contributed by atoms with Gasteiger partial charge in [0.15, 0.2) is 0 Å². The molecule has 0 aliphatic carbocycles. The van der Waals surface area contributed by atoms with Gasteiger partial charge in [-0.15, -0.1) is 11.3 Å². The molecule has 1 atom stereocenters. The van der Waals surface area contributed by atoms with E-state index < -0.39 is 5.97 Å². The number of aromatic nitrogens is 2. The zero-order valence-corrected chi connectivity index (χ0v) is 15.0. The Morgan fingerprint density at radius 3 is 3.04 bits per heavy atom. The highest BCUT2D eigenvalue weighted by Crippen LogP contribution is 2.29. The standard InChI is InChI=1S/C20H19N3O2S/c24-20(25)15-4-1-3-14(9-15)19-22-18(13-26-19)12-23-8-6-17(11-23)16-5-2-7-21-10-16/h1-5,7,9-10,13,17H,6,8,11-12H2,(H,24,25). The summed E-state index contributed by atoms with van der Waals surface area (Å²) in [5.74, 6) is -0.379. The van der Waals surface area contributed by atoms with Crippen molar-refractivity contribution in [3.63, 3.8) is 0 Å². The maximum absolute atomic E-state index is 11.1. The van der Waals surface area contributed by atoms with Crippen molar-refractivity contribution in [2.24, 2.45) is 0 Å². The number of hydrogen-bond acceptors (Lipinski definition) is 5. The van der Waals surface area contributed by atoms with E-state index in [9.17, 15) is 4.79 Å². The number of pyridine rings is 1. The number of carboxylic acids is 1. The number of carboxylic acid groups (broad SMARTS) is 1. The van der Waals surface area contributed by atoms with E-state index in [1.54, 1.807) is 29.5 Å². The van der Waals surface area contributed by atoms with E-state index in [4.69, 9.17) is 10.1 Å². The molecule has 1 aliphatic heterocycles. The molecule has 2 aromatic heterocycles. The van der Waals surface area contributed by atoms with Gasteiger partial charge in [0.05, 0.1) is 11.3 Å².